The average Bonchev–Trinajstić information content (AvgIpc) is 2.74. The molecule has 0 aliphatic carbocycles. The number of hydrogen-bond donors (Lipinski definition) is 1. The summed E-state index contributed by atoms with van der Waals surface area (Å²) >= 11 is 5.88. The molecule has 0 radical (unpaired) electrons. The minimum atomic E-state index is -3.58. The van der Waals surface area contributed by atoms with Gasteiger partial charge in [-0.3, -0.25) is 4.79 Å². The van der Waals surface area contributed by atoms with Crippen LogP contribution in [0.4, 0.5) is 5.69 Å². The van der Waals surface area contributed by atoms with Gasteiger partial charge in [-0.25, -0.2) is 8.42 Å². The van der Waals surface area contributed by atoms with Gasteiger partial charge in [0.25, 0.3) is 0 Å². The lowest BCUT2D eigenvalue weighted by molar-refractivity contribution is -0.120. The van der Waals surface area contributed by atoms with E-state index >= 15 is 0 Å². The lowest BCUT2D eigenvalue weighted by Crippen LogP contribution is -2.41. The highest BCUT2D eigenvalue weighted by molar-refractivity contribution is 7.89. The molecule has 168 valence electrons. The number of para-hydroxylation sites is 1. The van der Waals surface area contributed by atoms with Crippen LogP contribution in [0.15, 0.2) is 47.4 Å². The molecule has 1 aliphatic heterocycles. The molecule has 1 heterocycles. The van der Waals surface area contributed by atoms with E-state index in [0.717, 1.165) is 16.8 Å². The number of hydrogen-bond acceptors (Lipinski definition) is 3. The van der Waals surface area contributed by atoms with Crippen molar-refractivity contribution in [1.29, 1.82) is 0 Å². The van der Waals surface area contributed by atoms with Crippen LogP contribution in [0, 0.1) is 5.92 Å². The fourth-order valence-electron chi connectivity index (χ4n) is 4.03. The summed E-state index contributed by atoms with van der Waals surface area (Å²) < 4.78 is 27.2. The van der Waals surface area contributed by atoms with Crippen LogP contribution in [-0.4, -0.2) is 31.7 Å². The summed E-state index contributed by atoms with van der Waals surface area (Å²) in [7, 11) is -3.58. The van der Waals surface area contributed by atoms with Crippen LogP contribution in [0.25, 0.3) is 0 Å². The molecular weight excluding hydrogens is 432 g/mol. The number of rotatable bonds is 6. The number of amides is 1. The summed E-state index contributed by atoms with van der Waals surface area (Å²) in [6.07, 6.45) is 0.999. The zero-order chi connectivity index (χ0) is 22.8. The van der Waals surface area contributed by atoms with E-state index in [-0.39, 0.29) is 16.7 Å². The van der Waals surface area contributed by atoms with Gasteiger partial charge in [0.1, 0.15) is 0 Å². The number of nitrogens with one attached hydrogen (secondary N) is 1. The first-order chi connectivity index (χ1) is 14.6. The third-order valence-corrected chi connectivity index (χ3v) is 8.06. The summed E-state index contributed by atoms with van der Waals surface area (Å²) in [5.74, 6) is 0.344. The van der Waals surface area contributed by atoms with Gasteiger partial charge < -0.3 is 5.32 Å². The number of halogens is 1. The molecule has 5 nitrogen and oxygen atoms in total. The van der Waals surface area contributed by atoms with E-state index in [2.05, 4.69) is 45.1 Å². The Hall–Kier alpha value is -1.89. The molecule has 2 aromatic rings. The van der Waals surface area contributed by atoms with Gasteiger partial charge in [0.15, 0.2) is 0 Å². The Morgan fingerprint density at radius 3 is 1.97 bits per heavy atom. The Morgan fingerprint density at radius 1 is 0.968 bits per heavy atom. The van der Waals surface area contributed by atoms with Gasteiger partial charge in [-0.15, -0.1) is 0 Å². The Balaban J connectivity index is 1.71. The fraction of sp³-hybridized carbons (Fsp3) is 0.458. The standard InChI is InChI=1S/C24H31ClN2O3S/c1-16(2)21-6-5-7-22(17(3)4)23(21)26-24(28)18-12-14-27(15-13-18)31(29,30)20-10-8-19(25)9-11-20/h5-11,16-18H,12-15H2,1-4H3,(H,26,28). The first kappa shape index (κ1) is 23.8. The lowest BCUT2D eigenvalue weighted by Gasteiger charge is -2.31. The number of nitrogens with zero attached hydrogens (tertiary/aromatic N) is 1. The van der Waals surface area contributed by atoms with Crippen molar-refractivity contribution in [3.8, 4) is 0 Å². The van der Waals surface area contributed by atoms with Gasteiger partial charge in [-0.1, -0.05) is 57.5 Å². The third-order valence-electron chi connectivity index (χ3n) is 5.90. The highest BCUT2D eigenvalue weighted by Gasteiger charge is 2.32. The number of sulfonamides is 1. The van der Waals surface area contributed by atoms with Crippen LogP contribution < -0.4 is 5.32 Å². The largest absolute Gasteiger partial charge is 0.325 e. The normalized spacial score (nSPS) is 16.1. The van der Waals surface area contributed by atoms with E-state index in [1.165, 1.54) is 16.4 Å². The second kappa shape index (κ2) is 9.72. The molecule has 1 aliphatic rings. The highest BCUT2D eigenvalue weighted by atomic mass is 35.5. The monoisotopic (exact) mass is 462 g/mol. The molecule has 0 spiro atoms. The third kappa shape index (κ3) is 5.30. The number of benzene rings is 2. The van der Waals surface area contributed by atoms with Crippen molar-refractivity contribution in [2.75, 3.05) is 18.4 Å². The maximum atomic E-state index is 13.1. The van der Waals surface area contributed by atoms with Gasteiger partial charge in [0, 0.05) is 29.7 Å². The summed E-state index contributed by atoms with van der Waals surface area (Å²) in [5.41, 5.74) is 3.17. The molecule has 1 saturated heterocycles. The van der Waals surface area contributed by atoms with Crippen LogP contribution in [-0.2, 0) is 14.8 Å². The van der Waals surface area contributed by atoms with E-state index in [1.807, 2.05) is 6.07 Å². The Bertz CT molecular complexity index is 999. The molecule has 31 heavy (non-hydrogen) atoms. The maximum Gasteiger partial charge on any atom is 0.243 e. The fourth-order valence-corrected chi connectivity index (χ4v) is 5.63. The number of anilines is 1. The van der Waals surface area contributed by atoms with Gasteiger partial charge >= 0.3 is 0 Å². The van der Waals surface area contributed by atoms with E-state index < -0.39 is 10.0 Å². The Morgan fingerprint density at radius 2 is 1.48 bits per heavy atom. The molecule has 0 atom stereocenters. The molecule has 2 aromatic carbocycles. The first-order valence-electron chi connectivity index (χ1n) is 10.8. The summed E-state index contributed by atoms with van der Waals surface area (Å²) in [6.45, 7) is 9.13. The van der Waals surface area contributed by atoms with E-state index in [1.54, 1.807) is 12.1 Å². The van der Waals surface area contributed by atoms with E-state index in [9.17, 15) is 13.2 Å². The minimum Gasteiger partial charge on any atom is -0.325 e. The quantitative estimate of drug-likeness (QED) is 0.605. The predicted octanol–water partition coefficient (Wildman–Crippen LogP) is 5.63. The van der Waals surface area contributed by atoms with Crippen molar-refractivity contribution >= 4 is 33.2 Å². The molecule has 0 bridgehead atoms. The molecule has 1 amide bonds. The van der Waals surface area contributed by atoms with Crippen LogP contribution in [0.1, 0.15) is 63.5 Å². The van der Waals surface area contributed by atoms with Crippen molar-refractivity contribution in [2.24, 2.45) is 5.92 Å². The molecule has 7 heteroatoms. The molecule has 1 fully saturated rings. The topological polar surface area (TPSA) is 66.5 Å². The van der Waals surface area contributed by atoms with Gasteiger partial charge in [-0.05, 0) is 60.1 Å². The number of carbonyl (C=O) groups is 1. The number of carbonyl (C=O) groups excluding carboxylic acids is 1. The van der Waals surface area contributed by atoms with Crippen LogP contribution >= 0.6 is 11.6 Å². The average molecular weight is 463 g/mol. The molecule has 0 aromatic heterocycles. The minimum absolute atomic E-state index is 0.0291. The first-order valence-corrected chi connectivity index (χ1v) is 12.6. The molecular formula is C24H31ClN2O3S. The molecule has 1 N–H and O–H groups in total. The van der Waals surface area contributed by atoms with Crippen LogP contribution in [0.2, 0.25) is 5.02 Å². The van der Waals surface area contributed by atoms with E-state index in [4.69, 9.17) is 11.6 Å². The van der Waals surface area contributed by atoms with Crippen molar-refractivity contribution in [2.45, 2.75) is 57.3 Å². The SMILES string of the molecule is CC(C)c1cccc(C(C)C)c1NC(=O)C1CCN(S(=O)(=O)c2ccc(Cl)cc2)CC1. The van der Waals surface area contributed by atoms with Crippen molar-refractivity contribution in [3.63, 3.8) is 0 Å². The predicted molar refractivity (Wildman–Crippen MR) is 126 cm³/mol. The van der Waals surface area contributed by atoms with Gasteiger partial charge in [0.2, 0.25) is 15.9 Å². The van der Waals surface area contributed by atoms with Gasteiger partial charge in [-0.2, -0.15) is 4.31 Å². The zero-order valence-corrected chi connectivity index (χ0v) is 20.1. The lowest BCUT2D eigenvalue weighted by atomic mass is 9.91. The summed E-state index contributed by atoms with van der Waals surface area (Å²) in [5, 5.41) is 3.68. The van der Waals surface area contributed by atoms with Crippen molar-refractivity contribution in [3.05, 3.63) is 58.6 Å². The second-order valence-electron chi connectivity index (χ2n) is 8.74. The molecule has 0 unspecified atom stereocenters. The second-order valence-corrected chi connectivity index (χ2v) is 11.1. The molecule has 3 rings (SSSR count). The smallest absolute Gasteiger partial charge is 0.243 e. The van der Waals surface area contributed by atoms with Crippen molar-refractivity contribution in [1.82, 2.24) is 4.31 Å². The van der Waals surface area contributed by atoms with Crippen LogP contribution in [0.3, 0.4) is 0 Å². The summed E-state index contributed by atoms with van der Waals surface area (Å²) in [6, 6.07) is 12.4. The van der Waals surface area contributed by atoms with Crippen molar-refractivity contribution < 1.29 is 13.2 Å². The zero-order valence-electron chi connectivity index (χ0n) is 18.6. The van der Waals surface area contributed by atoms with Gasteiger partial charge in [0.05, 0.1) is 4.90 Å². The highest BCUT2D eigenvalue weighted by Crippen LogP contribution is 2.33. The molecule has 0 saturated carbocycles. The Kier molecular flexibility index (Phi) is 7.45. The maximum absolute atomic E-state index is 13.1. The number of piperidine rings is 1. The van der Waals surface area contributed by atoms with E-state index in [0.29, 0.717) is 42.8 Å². The van der Waals surface area contributed by atoms with Crippen LogP contribution in [0.5, 0.6) is 0 Å². The Labute approximate surface area is 190 Å². The summed E-state index contributed by atoms with van der Waals surface area (Å²) in [4.78, 5) is 13.3.